The smallest absolute Gasteiger partial charge is 0.243 e. The van der Waals surface area contributed by atoms with Gasteiger partial charge in [0.2, 0.25) is 15.9 Å². The summed E-state index contributed by atoms with van der Waals surface area (Å²) in [5, 5.41) is 2.78. The molecule has 7 heteroatoms. The van der Waals surface area contributed by atoms with Gasteiger partial charge in [-0.15, -0.1) is 0 Å². The number of benzene rings is 2. The lowest BCUT2D eigenvalue weighted by atomic mass is 10.1. The first-order valence-electron chi connectivity index (χ1n) is 9.29. The molecule has 0 heterocycles. The van der Waals surface area contributed by atoms with Gasteiger partial charge in [-0.2, -0.15) is 4.31 Å². The molecule has 0 saturated carbocycles. The van der Waals surface area contributed by atoms with Gasteiger partial charge < -0.3 is 10.1 Å². The van der Waals surface area contributed by atoms with Crippen molar-refractivity contribution in [1.29, 1.82) is 0 Å². The van der Waals surface area contributed by atoms with Crippen molar-refractivity contribution in [3.8, 4) is 5.75 Å². The monoisotopic (exact) mass is 404 g/mol. The van der Waals surface area contributed by atoms with Crippen LogP contribution in [0.5, 0.6) is 5.75 Å². The molecule has 28 heavy (non-hydrogen) atoms. The van der Waals surface area contributed by atoms with Gasteiger partial charge in [-0.3, -0.25) is 4.79 Å². The average molecular weight is 405 g/mol. The van der Waals surface area contributed by atoms with Crippen LogP contribution in [0.2, 0.25) is 0 Å². The number of carbonyl (C=O) groups excluding carboxylic acids is 1. The fraction of sp³-hybridized carbons (Fsp3) is 0.381. The number of aryl methyl sites for hydroxylation is 3. The van der Waals surface area contributed by atoms with E-state index in [-0.39, 0.29) is 23.9 Å². The topological polar surface area (TPSA) is 75.7 Å². The Morgan fingerprint density at radius 1 is 1.04 bits per heavy atom. The number of likely N-dealkylation sites (N-methyl/N-ethyl adjacent to an activating group) is 1. The number of nitrogens with one attached hydrogen (secondary N) is 1. The molecule has 2 rings (SSSR count). The highest BCUT2D eigenvalue weighted by Gasteiger charge is 2.26. The number of hydrogen-bond donors (Lipinski definition) is 1. The number of carbonyl (C=O) groups is 1. The van der Waals surface area contributed by atoms with E-state index in [2.05, 4.69) is 5.32 Å². The third-order valence-electron chi connectivity index (χ3n) is 4.26. The summed E-state index contributed by atoms with van der Waals surface area (Å²) in [6.07, 6.45) is 0. The summed E-state index contributed by atoms with van der Waals surface area (Å²) in [5.74, 6) is 0.273. The Balaban J connectivity index is 2.18. The van der Waals surface area contributed by atoms with Crippen LogP contribution >= 0.6 is 0 Å². The minimum Gasteiger partial charge on any atom is -0.494 e. The van der Waals surface area contributed by atoms with Crippen LogP contribution in [0.3, 0.4) is 0 Å². The number of hydrogen-bond acceptors (Lipinski definition) is 4. The average Bonchev–Trinajstić information content (AvgIpc) is 2.60. The highest BCUT2D eigenvalue weighted by molar-refractivity contribution is 7.89. The molecule has 0 spiro atoms. The Morgan fingerprint density at radius 3 is 2.21 bits per heavy atom. The Kier molecular flexibility index (Phi) is 7.21. The van der Waals surface area contributed by atoms with Crippen molar-refractivity contribution in [2.75, 3.05) is 25.0 Å². The molecule has 1 N–H and O–H groups in total. The second kappa shape index (κ2) is 9.21. The highest BCUT2D eigenvalue weighted by atomic mass is 32.2. The van der Waals surface area contributed by atoms with Gasteiger partial charge in [0.05, 0.1) is 18.0 Å². The predicted octanol–water partition coefficient (Wildman–Crippen LogP) is 3.66. The number of sulfonamides is 1. The summed E-state index contributed by atoms with van der Waals surface area (Å²) in [4.78, 5) is 12.6. The van der Waals surface area contributed by atoms with E-state index in [1.807, 2.05) is 39.0 Å². The quantitative estimate of drug-likeness (QED) is 0.728. The zero-order chi connectivity index (χ0) is 20.9. The minimum atomic E-state index is -3.79. The number of amides is 1. The summed E-state index contributed by atoms with van der Waals surface area (Å²) < 4.78 is 32.6. The molecule has 6 nitrogen and oxygen atoms in total. The SMILES string of the molecule is CCOc1ccc(S(=O)(=O)N(CC)CC(=O)Nc2cc(C)cc(C)c2)cc1C. The van der Waals surface area contributed by atoms with Crippen LogP contribution in [0, 0.1) is 20.8 Å². The molecule has 0 atom stereocenters. The standard InChI is InChI=1S/C21H28N2O4S/c1-6-23(14-21(24)22-18-11-15(3)10-16(4)12-18)28(25,26)19-8-9-20(27-7-2)17(5)13-19/h8-13H,6-7,14H2,1-5H3,(H,22,24). The van der Waals surface area contributed by atoms with Crippen molar-refractivity contribution < 1.29 is 17.9 Å². The molecule has 0 radical (unpaired) electrons. The van der Waals surface area contributed by atoms with E-state index < -0.39 is 10.0 Å². The van der Waals surface area contributed by atoms with E-state index in [4.69, 9.17) is 4.74 Å². The fourth-order valence-corrected chi connectivity index (χ4v) is 4.51. The Hall–Kier alpha value is -2.38. The molecule has 0 aromatic heterocycles. The van der Waals surface area contributed by atoms with Crippen LogP contribution in [-0.4, -0.2) is 38.3 Å². The molecular weight excluding hydrogens is 376 g/mol. The maximum Gasteiger partial charge on any atom is 0.243 e. The lowest BCUT2D eigenvalue weighted by Crippen LogP contribution is -2.37. The molecule has 0 saturated heterocycles. The van der Waals surface area contributed by atoms with E-state index in [0.717, 1.165) is 16.7 Å². The van der Waals surface area contributed by atoms with Crippen LogP contribution < -0.4 is 10.1 Å². The highest BCUT2D eigenvalue weighted by Crippen LogP contribution is 2.24. The fourth-order valence-electron chi connectivity index (χ4n) is 3.02. The lowest BCUT2D eigenvalue weighted by Gasteiger charge is -2.21. The summed E-state index contributed by atoms with van der Waals surface area (Å²) in [6, 6.07) is 10.4. The summed E-state index contributed by atoms with van der Waals surface area (Å²) in [6.45, 7) is 9.71. The van der Waals surface area contributed by atoms with Crippen molar-refractivity contribution in [3.05, 3.63) is 53.1 Å². The van der Waals surface area contributed by atoms with Crippen molar-refractivity contribution in [2.24, 2.45) is 0 Å². The van der Waals surface area contributed by atoms with Crippen molar-refractivity contribution in [3.63, 3.8) is 0 Å². The zero-order valence-corrected chi connectivity index (χ0v) is 17.9. The van der Waals surface area contributed by atoms with Crippen LogP contribution in [0.15, 0.2) is 41.3 Å². The number of anilines is 1. The molecule has 0 unspecified atom stereocenters. The first-order valence-corrected chi connectivity index (χ1v) is 10.7. The normalized spacial score (nSPS) is 11.5. The maximum atomic E-state index is 13.0. The second-order valence-electron chi connectivity index (χ2n) is 6.72. The van der Waals surface area contributed by atoms with Gasteiger partial charge in [0, 0.05) is 12.2 Å². The maximum absolute atomic E-state index is 13.0. The van der Waals surface area contributed by atoms with Crippen LogP contribution in [0.25, 0.3) is 0 Å². The van der Waals surface area contributed by atoms with Crippen molar-refractivity contribution in [2.45, 2.75) is 39.5 Å². The van der Waals surface area contributed by atoms with E-state index in [9.17, 15) is 13.2 Å². The second-order valence-corrected chi connectivity index (χ2v) is 8.65. The minimum absolute atomic E-state index is 0.148. The third kappa shape index (κ3) is 5.33. The molecule has 0 bridgehead atoms. The summed E-state index contributed by atoms with van der Waals surface area (Å²) >= 11 is 0. The van der Waals surface area contributed by atoms with Crippen molar-refractivity contribution in [1.82, 2.24) is 4.31 Å². The lowest BCUT2D eigenvalue weighted by molar-refractivity contribution is -0.116. The zero-order valence-electron chi connectivity index (χ0n) is 17.1. The Morgan fingerprint density at radius 2 is 1.68 bits per heavy atom. The predicted molar refractivity (Wildman–Crippen MR) is 111 cm³/mol. The van der Waals surface area contributed by atoms with E-state index >= 15 is 0 Å². The Bertz CT molecular complexity index is 935. The van der Waals surface area contributed by atoms with E-state index in [0.29, 0.717) is 18.0 Å². The van der Waals surface area contributed by atoms with Gasteiger partial charge in [-0.05, 0) is 74.7 Å². The largest absolute Gasteiger partial charge is 0.494 e. The van der Waals surface area contributed by atoms with Crippen molar-refractivity contribution >= 4 is 21.6 Å². The van der Waals surface area contributed by atoms with E-state index in [1.54, 1.807) is 26.0 Å². The third-order valence-corrected chi connectivity index (χ3v) is 6.18. The molecule has 0 aliphatic rings. The molecule has 1 amide bonds. The van der Waals surface area contributed by atoms with Gasteiger partial charge in [-0.25, -0.2) is 8.42 Å². The first kappa shape index (κ1) is 21.9. The van der Waals surface area contributed by atoms with Gasteiger partial charge >= 0.3 is 0 Å². The number of nitrogens with zero attached hydrogens (tertiary/aromatic N) is 1. The van der Waals surface area contributed by atoms with Gasteiger partial charge in [-0.1, -0.05) is 13.0 Å². The van der Waals surface area contributed by atoms with E-state index in [1.165, 1.54) is 10.4 Å². The number of rotatable bonds is 8. The summed E-state index contributed by atoms with van der Waals surface area (Å²) in [5.41, 5.74) is 3.45. The first-order chi connectivity index (χ1) is 13.2. The Labute approximate surface area is 167 Å². The van der Waals surface area contributed by atoms with Crippen LogP contribution in [-0.2, 0) is 14.8 Å². The van der Waals surface area contributed by atoms with Gasteiger partial charge in [0.25, 0.3) is 0 Å². The molecule has 2 aromatic carbocycles. The van der Waals surface area contributed by atoms with Gasteiger partial charge in [0.1, 0.15) is 5.75 Å². The molecule has 0 aliphatic carbocycles. The van der Waals surface area contributed by atoms with Crippen LogP contribution in [0.4, 0.5) is 5.69 Å². The molecule has 2 aromatic rings. The summed E-state index contributed by atoms with van der Waals surface area (Å²) in [7, 11) is -3.79. The molecule has 0 aliphatic heterocycles. The van der Waals surface area contributed by atoms with Crippen LogP contribution in [0.1, 0.15) is 30.5 Å². The molecular formula is C21H28N2O4S. The molecule has 0 fully saturated rings. The molecule has 152 valence electrons. The number of ether oxygens (including phenoxy) is 1. The van der Waals surface area contributed by atoms with Gasteiger partial charge in [0.15, 0.2) is 0 Å².